The second-order valence-corrected chi connectivity index (χ2v) is 8.93. The van der Waals surface area contributed by atoms with Gasteiger partial charge in [0.2, 0.25) is 5.91 Å². The van der Waals surface area contributed by atoms with Crippen molar-refractivity contribution in [3.05, 3.63) is 99.0 Å². The first kappa shape index (κ1) is 27.2. The minimum atomic E-state index is -0.710. The normalized spacial score (nSPS) is 11.3. The number of halogens is 2. The predicted molar refractivity (Wildman–Crippen MR) is 141 cm³/mol. The summed E-state index contributed by atoms with van der Waals surface area (Å²) in [6.07, 6.45) is -0.710. The number of amides is 2. The third kappa shape index (κ3) is 8.08. The molecule has 0 spiro atoms. The first-order valence-corrected chi connectivity index (χ1v) is 12.1. The highest BCUT2D eigenvalue weighted by molar-refractivity contribution is 9.10. The summed E-state index contributed by atoms with van der Waals surface area (Å²) in [6, 6.07) is 21.2. The zero-order chi connectivity index (χ0) is 25.9. The van der Waals surface area contributed by atoms with Gasteiger partial charge in [-0.05, 0) is 41.0 Å². The number of rotatable bonds is 10. The first-order chi connectivity index (χ1) is 17.4. The van der Waals surface area contributed by atoms with Gasteiger partial charge in [0, 0.05) is 15.2 Å². The van der Waals surface area contributed by atoms with Crippen LogP contribution in [0.5, 0.6) is 0 Å². The Bertz CT molecular complexity index is 1210. The van der Waals surface area contributed by atoms with Crippen LogP contribution in [0.15, 0.2) is 77.3 Å². The van der Waals surface area contributed by atoms with Gasteiger partial charge in [0.05, 0.1) is 19.7 Å². The van der Waals surface area contributed by atoms with Crippen molar-refractivity contribution in [2.24, 2.45) is 0 Å². The van der Waals surface area contributed by atoms with Crippen molar-refractivity contribution < 1.29 is 23.9 Å². The SMILES string of the molecule is COC(=O)CN[C@@H](c1ccccc1Cl)c1cc(Br)ccc1NC(=O)CNC(=O)OCc1ccccc1. The van der Waals surface area contributed by atoms with E-state index >= 15 is 0 Å². The molecule has 0 heterocycles. The number of carbonyl (C=O) groups is 3. The highest BCUT2D eigenvalue weighted by atomic mass is 79.9. The van der Waals surface area contributed by atoms with Gasteiger partial charge in [-0.15, -0.1) is 0 Å². The maximum absolute atomic E-state index is 12.7. The van der Waals surface area contributed by atoms with Gasteiger partial charge >= 0.3 is 12.1 Å². The number of ether oxygens (including phenoxy) is 2. The number of nitrogens with one attached hydrogen (secondary N) is 3. The molecule has 0 aliphatic rings. The molecule has 0 saturated carbocycles. The summed E-state index contributed by atoms with van der Waals surface area (Å²) >= 11 is 9.92. The number of hydrogen-bond donors (Lipinski definition) is 3. The zero-order valence-corrected chi connectivity index (χ0v) is 21.8. The number of anilines is 1. The lowest BCUT2D eigenvalue weighted by Crippen LogP contribution is -2.34. The summed E-state index contributed by atoms with van der Waals surface area (Å²) < 4.78 is 10.7. The second kappa shape index (κ2) is 13.6. The Kier molecular flexibility index (Phi) is 10.3. The van der Waals surface area contributed by atoms with E-state index in [0.29, 0.717) is 21.8 Å². The largest absolute Gasteiger partial charge is 0.468 e. The van der Waals surface area contributed by atoms with Crippen LogP contribution < -0.4 is 16.0 Å². The lowest BCUT2D eigenvalue weighted by molar-refractivity contribution is -0.139. The summed E-state index contributed by atoms with van der Waals surface area (Å²) in [7, 11) is 1.30. The van der Waals surface area contributed by atoms with Crippen LogP contribution in [0.1, 0.15) is 22.7 Å². The molecule has 0 aromatic heterocycles. The lowest BCUT2D eigenvalue weighted by Gasteiger charge is -2.23. The Morgan fingerprint density at radius 2 is 1.67 bits per heavy atom. The van der Waals surface area contributed by atoms with Gasteiger partial charge in [0.15, 0.2) is 0 Å². The Labute approximate surface area is 222 Å². The van der Waals surface area contributed by atoms with Crippen LogP contribution in [-0.4, -0.2) is 38.2 Å². The number of hydrogen-bond acceptors (Lipinski definition) is 6. The number of methoxy groups -OCH3 is 1. The van der Waals surface area contributed by atoms with Crippen molar-refractivity contribution in [1.29, 1.82) is 0 Å². The van der Waals surface area contributed by atoms with Crippen LogP contribution in [0.25, 0.3) is 0 Å². The molecular formula is C26H25BrClN3O5. The smallest absolute Gasteiger partial charge is 0.407 e. The van der Waals surface area contributed by atoms with E-state index in [1.807, 2.05) is 48.5 Å². The van der Waals surface area contributed by atoms with Crippen molar-refractivity contribution in [1.82, 2.24) is 10.6 Å². The van der Waals surface area contributed by atoms with E-state index < -0.39 is 24.0 Å². The van der Waals surface area contributed by atoms with E-state index in [-0.39, 0.29) is 19.7 Å². The van der Waals surface area contributed by atoms with Gasteiger partial charge in [-0.3, -0.25) is 14.9 Å². The Balaban J connectivity index is 1.72. The van der Waals surface area contributed by atoms with E-state index in [0.717, 1.165) is 10.0 Å². The molecule has 0 unspecified atom stereocenters. The van der Waals surface area contributed by atoms with Crippen molar-refractivity contribution in [2.45, 2.75) is 12.6 Å². The van der Waals surface area contributed by atoms with E-state index in [1.165, 1.54) is 7.11 Å². The van der Waals surface area contributed by atoms with Gasteiger partial charge in [0.25, 0.3) is 0 Å². The molecule has 0 saturated heterocycles. The lowest BCUT2D eigenvalue weighted by atomic mass is 9.96. The van der Waals surface area contributed by atoms with E-state index in [4.69, 9.17) is 21.1 Å². The average molecular weight is 575 g/mol. The average Bonchev–Trinajstić information content (AvgIpc) is 2.89. The third-order valence-corrected chi connectivity index (χ3v) is 5.94. The third-order valence-electron chi connectivity index (χ3n) is 5.10. The summed E-state index contributed by atoms with van der Waals surface area (Å²) in [5, 5.41) is 8.88. The highest BCUT2D eigenvalue weighted by Crippen LogP contribution is 2.34. The number of esters is 1. The monoisotopic (exact) mass is 573 g/mol. The van der Waals surface area contributed by atoms with Crippen LogP contribution in [0.3, 0.4) is 0 Å². The summed E-state index contributed by atoms with van der Waals surface area (Å²) in [4.78, 5) is 36.5. The molecule has 0 radical (unpaired) electrons. The fourth-order valence-corrected chi connectivity index (χ4v) is 3.99. The standard InChI is InChI=1S/C26H25BrClN3O5/c1-35-24(33)15-29-25(19-9-5-6-10-21(19)28)20-13-18(27)11-12-22(20)31-23(32)14-30-26(34)36-16-17-7-3-2-4-8-17/h2-13,25,29H,14-16H2,1H3,(H,30,34)(H,31,32)/t25-/m0/s1. The fourth-order valence-electron chi connectivity index (χ4n) is 3.36. The molecule has 2 amide bonds. The van der Waals surface area contributed by atoms with Crippen molar-refractivity contribution in [2.75, 3.05) is 25.5 Å². The molecular weight excluding hydrogens is 550 g/mol. The van der Waals surface area contributed by atoms with Crippen molar-refractivity contribution in [3.63, 3.8) is 0 Å². The zero-order valence-electron chi connectivity index (χ0n) is 19.4. The summed E-state index contributed by atoms with van der Waals surface area (Å²) in [5.41, 5.74) is 2.67. The summed E-state index contributed by atoms with van der Waals surface area (Å²) in [6.45, 7) is -0.285. The quantitative estimate of drug-likeness (QED) is 0.300. The Morgan fingerprint density at radius 1 is 0.944 bits per heavy atom. The van der Waals surface area contributed by atoms with Crippen LogP contribution >= 0.6 is 27.5 Å². The van der Waals surface area contributed by atoms with Gasteiger partial charge in [-0.2, -0.15) is 0 Å². The molecule has 8 nitrogen and oxygen atoms in total. The van der Waals surface area contributed by atoms with E-state index in [9.17, 15) is 14.4 Å². The predicted octanol–water partition coefficient (Wildman–Crippen LogP) is 4.82. The molecule has 0 bridgehead atoms. The number of carbonyl (C=O) groups excluding carboxylic acids is 3. The van der Waals surface area contributed by atoms with Crippen molar-refractivity contribution >= 4 is 51.2 Å². The van der Waals surface area contributed by atoms with Crippen molar-refractivity contribution in [3.8, 4) is 0 Å². The molecule has 3 aromatic carbocycles. The molecule has 188 valence electrons. The maximum Gasteiger partial charge on any atom is 0.407 e. The molecule has 36 heavy (non-hydrogen) atoms. The van der Waals surface area contributed by atoms with Gasteiger partial charge in [-0.1, -0.05) is 76.1 Å². The van der Waals surface area contributed by atoms with Gasteiger partial charge in [0.1, 0.15) is 13.2 Å². The molecule has 3 N–H and O–H groups in total. The van der Waals surface area contributed by atoms with E-state index in [1.54, 1.807) is 24.3 Å². The maximum atomic E-state index is 12.7. The Morgan fingerprint density at radius 3 is 2.39 bits per heavy atom. The molecule has 0 aliphatic carbocycles. The second-order valence-electron chi connectivity index (χ2n) is 7.61. The minimum absolute atomic E-state index is 0.0822. The molecule has 0 fully saturated rings. The topological polar surface area (TPSA) is 106 Å². The molecule has 0 aliphatic heterocycles. The number of benzene rings is 3. The fraction of sp³-hybridized carbons (Fsp3) is 0.192. The highest BCUT2D eigenvalue weighted by Gasteiger charge is 2.22. The van der Waals surface area contributed by atoms with Gasteiger partial charge < -0.3 is 20.1 Å². The summed E-state index contributed by atoms with van der Waals surface area (Å²) in [5.74, 6) is -0.910. The minimum Gasteiger partial charge on any atom is -0.468 e. The van der Waals surface area contributed by atoms with Crippen LogP contribution in [0.2, 0.25) is 5.02 Å². The first-order valence-electron chi connectivity index (χ1n) is 11.0. The van der Waals surface area contributed by atoms with E-state index in [2.05, 4.69) is 31.9 Å². The molecule has 3 rings (SSSR count). The molecule has 10 heteroatoms. The van der Waals surface area contributed by atoms with Crippen LogP contribution in [0.4, 0.5) is 10.5 Å². The Hall–Kier alpha value is -3.40. The number of alkyl carbamates (subject to hydrolysis) is 1. The molecule has 1 atom stereocenters. The van der Waals surface area contributed by atoms with Gasteiger partial charge in [-0.25, -0.2) is 4.79 Å². The molecule has 3 aromatic rings. The van der Waals surface area contributed by atoms with Crippen LogP contribution in [-0.2, 0) is 25.7 Å². The van der Waals surface area contributed by atoms with Crippen LogP contribution in [0, 0.1) is 0 Å².